The summed E-state index contributed by atoms with van der Waals surface area (Å²) in [4.78, 5) is 62.8. The van der Waals surface area contributed by atoms with Crippen LogP contribution in [-0.4, -0.2) is 76.1 Å². The Hall–Kier alpha value is -4.00. The number of benzene rings is 1. The number of hydrogen-bond donors (Lipinski definition) is 2. The van der Waals surface area contributed by atoms with Gasteiger partial charge in [0, 0.05) is 29.2 Å². The van der Waals surface area contributed by atoms with Crippen LogP contribution >= 0.6 is 0 Å². The van der Waals surface area contributed by atoms with Crippen LogP contribution in [0.25, 0.3) is 10.9 Å². The number of allylic oxidation sites excluding steroid dienone is 1. The number of pyridine rings is 1. The maximum atomic E-state index is 14.7. The molecule has 0 unspecified atom stereocenters. The van der Waals surface area contributed by atoms with Gasteiger partial charge in [-0.1, -0.05) is 43.2 Å². The van der Waals surface area contributed by atoms with E-state index in [0.717, 1.165) is 41.4 Å². The highest BCUT2D eigenvalue weighted by Crippen LogP contribution is 2.49. The number of hydrogen-bond acceptors (Lipinski definition) is 9. The molecule has 13 heteroatoms. The van der Waals surface area contributed by atoms with E-state index >= 15 is 0 Å². The second kappa shape index (κ2) is 13.4. The van der Waals surface area contributed by atoms with E-state index in [1.165, 1.54) is 0 Å². The standard InChI is InChI=1S/C40H52N4O8S/c1-25-33-29(28-15-11-12-16-30(28)41-25)17-18-39(52-33)23-31-34(46)42-40(36(48)43-53(49,50)38(5)19-20-38)22-27(40)14-10-8-6-7-9-13-26(35(47)44(31)24-39)21-32(45)51-37(2,3)4/h10-12,14-16,26-27,31H,6-9,13,17-24H2,1-5H3,(H,42,46)(H,43,48)/b14-10-/t26-,27-,31+,39+,40-/m1/s1. The Morgan fingerprint density at radius 1 is 1.09 bits per heavy atom. The number of nitrogens with zero attached hydrogens (tertiary/aromatic N) is 2. The lowest BCUT2D eigenvalue weighted by atomic mass is 9.87. The van der Waals surface area contributed by atoms with Gasteiger partial charge in [0.05, 0.1) is 28.9 Å². The van der Waals surface area contributed by atoms with Crippen molar-refractivity contribution in [2.75, 3.05) is 6.54 Å². The highest BCUT2D eigenvalue weighted by atomic mass is 32.2. The minimum absolute atomic E-state index is 0.107. The van der Waals surface area contributed by atoms with Gasteiger partial charge in [-0.05, 0) is 92.1 Å². The zero-order chi connectivity index (χ0) is 38.0. The van der Waals surface area contributed by atoms with E-state index in [1.807, 2.05) is 43.3 Å². The lowest BCUT2D eigenvalue weighted by molar-refractivity contribution is -0.159. The molecule has 1 saturated heterocycles. The van der Waals surface area contributed by atoms with Crippen molar-refractivity contribution >= 4 is 44.6 Å². The number of ether oxygens (including phenoxy) is 2. The maximum absolute atomic E-state index is 14.7. The Balaban J connectivity index is 1.23. The molecule has 0 bridgehead atoms. The van der Waals surface area contributed by atoms with Gasteiger partial charge in [-0.3, -0.25) is 23.9 Å². The molecule has 3 amide bonds. The Morgan fingerprint density at radius 3 is 2.58 bits per heavy atom. The summed E-state index contributed by atoms with van der Waals surface area (Å²) in [6, 6.07) is 6.87. The summed E-state index contributed by atoms with van der Waals surface area (Å²) in [7, 11) is -3.97. The van der Waals surface area contributed by atoms with E-state index in [2.05, 4.69) is 10.0 Å². The van der Waals surface area contributed by atoms with Gasteiger partial charge in [0.1, 0.15) is 28.5 Å². The summed E-state index contributed by atoms with van der Waals surface area (Å²) >= 11 is 0. The number of para-hydroxylation sites is 1. The molecule has 12 nitrogen and oxygen atoms in total. The Morgan fingerprint density at radius 2 is 1.85 bits per heavy atom. The van der Waals surface area contributed by atoms with Gasteiger partial charge in [0.15, 0.2) is 0 Å². The highest BCUT2D eigenvalue weighted by molar-refractivity contribution is 7.91. The minimum atomic E-state index is -3.97. The molecule has 2 saturated carbocycles. The molecule has 3 fully saturated rings. The van der Waals surface area contributed by atoms with Crippen LogP contribution in [0.5, 0.6) is 5.75 Å². The minimum Gasteiger partial charge on any atom is -0.483 e. The summed E-state index contributed by atoms with van der Waals surface area (Å²) < 4.78 is 40.2. The van der Waals surface area contributed by atoms with Crippen LogP contribution in [0.15, 0.2) is 36.4 Å². The molecule has 2 N–H and O–H groups in total. The van der Waals surface area contributed by atoms with Gasteiger partial charge in [-0.2, -0.15) is 0 Å². The number of fused-ring (bicyclic) bond motifs is 5. The first-order valence-electron chi connectivity index (χ1n) is 19.1. The van der Waals surface area contributed by atoms with Gasteiger partial charge in [0.25, 0.3) is 5.91 Å². The second-order valence-electron chi connectivity index (χ2n) is 17.2. The molecule has 7 rings (SSSR count). The van der Waals surface area contributed by atoms with Crippen LogP contribution in [0.1, 0.15) is 110 Å². The summed E-state index contributed by atoms with van der Waals surface area (Å²) in [5.41, 5.74) is -0.511. The van der Waals surface area contributed by atoms with Gasteiger partial charge in [-0.15, -0.1) is 0 Å². The lowest BCUT2D eigenvalue weighted by Crippen LogP contribution is -2.57. The maximum Gasteiger partial charge on any atom is 0.307 e. The average molecular weight is 749 g/mol. The number of rotatable bonds is 5. The van der Waals surface area contributed by atoms with E-state index < -0.39 is 67.2 Å². The normalized spacial score (nSPS) is 30.4. The van der Waals surface area contributed by atoms with Crippen molar-refractivity contribution < 1.29 is 37.1 Å². The Labute approximate surface area is 311 Å². The molecular weight excluding hydrogens is 697 g/mol. The van der Waals surface area contributed by atoms with Crippen LogP contribution in [0.3, 0.4) is 0 Å². The molecule has 1 aromatic heterocycles. The molecule has 5 aliphatic rings. The van der Waals surface area contributed by atoms with Crippen molar-refractivity contribution in [2.45, 2.75) is 139 Å². The largest absolute Gasteiger partial charge is 0.483 e. The Bertz CT molecular complexity index is 1980. The number of sulfonamides is 1. The van der Waals surface area contributed by atoms with Crippen LogP contribution in [0.4, 0.5) is 0 Å². The van der Waals surface area contributed by atoms with Crippen molar-refractivity contribution in [2.24, 2.45) is 11.8 Å². The lowest BCUT2D eigenvalue weighted by Gasteiger charge is -2.36. The zero-order valence-corrected chi connectivity index (χ0v) is 32.3. The number of carbonyl (C=O) groups excluding carboxylic acids is 4. The van der Waals surface area contributed by atoms with Crippen LogP contribution < -0.4 is 14.8 Å². The number of esters is 1. The SMILES string of the molecule is Cc1nc2ccccc2c2c1O[C@@]1(CC2)C[C@H]2C(=O)N[C@]3(C(=O)NS(=O)(=O)C4(C)CC4)C[C@H]3/C=C\CCCCC[C@H](CC(=O)OC(C)(C)C)C(=O)N2C1. The smallest absolute Gasteiger partial charge is 0.307 e. The molecule has 3 aliphatic heterocycles. The molecule has 4 heterocycles. The van der Waals surface area contributed by atoms with E-state index in [9.17, 15) is 27.6 Å². The first kappa shape index (κ1) is 37.3. The number of amides is 3. The molecule has 2 aromatic rings. The van der Waals surface area contributed by atoms with Crippen LogP contribution in [0.2, 0.25) is 0 Å². The number of nitrogens with one attached hydrogen (secondary N) is 2. The number of aromatic nitrogens is 1. The van der Waals surface area contributed by atoms with Crippen molar-refractivity contribution in [3.63, 3.8) is 0 Å². The summed E-state index contributed by atoms with van der Waals surface area (Å²) in [6.07, 6.45) is 9.77. The third kappa shape index (κ3) is 7.29. The summed E-state index contributed by atoms with van der Waals surface area (Å²) in [5, 5.41) is 3.96. The van der Waals surface area contributed by atoms with Crippen molar-refractivity contribution in [3.8, 4) is 5.75 Å². The fourth-order valence-corrected chi connectivity index (χ4v) is 9.67. The average Bonchev–Trinajstić information content (AvgIpc) is 3.97. The molecule has 2 aliphatic carbocycles. The molecule has 1 spiro atoms. The van der Waals surface area contributed by atoms with Crippen molar-refractivity contribution in [3.05, 3.63) is 47.7 Å². The predicted octanol–water partition coefficient (Wildman–Crippen LogP) is 4.95. The molecule has 1 aromatic carbocycles. The van der Waals surface area contributed by atoms with Gasteiger partial charge < -0.3 is 19.7 Å². The quantitative estimate of drug-likeness (QED) is 0.319. The third-order valence-electron chi connectivity index (χ3n) is 11.8. The second-order valence-corrected chi connectivity index (χ2v) is 19.4. The van der Waals surface area contributed by atoms with Crippen LogP contribution in [-0.2, 0) is 40.4 Å². The molecule has 5 atom stereocenters. The van der Waals surface area contributed by atoms with Gasteiger partial charge in [-0.25, -0.2) is 13.4 Å². The highest BCUT2D eigenvalue weighted by Gasteiger charge is 2.64. The van der Waals surface area contributed by atoms with Crippen molar-refractivity contribution in [1.29, 1.82) is 0 Å². The number of carbonyl (C=O) groups is 4. The zero-order valence-electron chi connectivity index (χ0n) is 31.5. The van der Waals surface area contributed by atoms with Crippen LogP contribution in [0, 0.1) is 18.8 Å². The fraction of sp³-hybridized carbons (Fsp3) is 0.625. The fourth-order valence-electron chi connectivity index (χ4n) is 8.36. The molecule has 53 heavy (non-hydrogen) atoms. The van der Waals surface area contributed by atoms with Crippen molar-refractivity contribution in [1.82, 2.24) is 19.9 Å². The first-order valence-corrected chi connectivity index (χ1v) is 20.6. The Kier molecular flexibility index (Phi) is 9.43. The monoisotopic (exact) mass is 748 g/mol. The summed E-state index contributed by atoms with van der Waals surface area (Å²) in [5.74, 6) is -2.61. The first-order chi connectivity index (χ1) is 24.9. The third-order valence-corrected chi connectivity index (χ3v) is 14.0. The predicted molar refractivity (Wildman–Crippen MR) is 198 cm³/mol. The topological polar surface area (TPSA) is 161 Å². The van der Waals surface area contributed by atoms with Gasteiger partial charge in [0.2, 0.25) is 21.8 Å². The van der Waals surface area contributed by atoms with Gasteiger partial charge >= 0.3 is 5.97 Å². The number of aryl methyl sites for hydroxylation is 2. The van der Waals surface area contributed by atoms with E-state index in [-0.39, 0.29) is 31.7 Å². The molecule has 0 radical (unpaired) electrons. The molecular formula is C40H52N4O8S. The van der Waals surface area contributed by atoms with E-state index in [1.54, 1.807) is 32.6 Å². The summed E-state index contributed by atoms with van der Waals surface area (Å²) in [6.45, 7) is 8.96. The molecule has 286 valence electrons. The van der Waals surface area contributed by atoms with E-state index in [0.29, 0.717) is 44.3 Å². The van der Waals surface area contributed by atoms with E-state index in [4.69, 9.17) is 14.5 Å².